The van der Waals surface area contributed by atoms with E-state index < -0.39 is 0 Å². The Morgan fingerprint density at radius 1 is 1.47 bits per heavy atom. The number of hydrogen-bond acceptors (Lipinski definition) is 3. The van der Waals surface area contributed by atoms with E-state index >= 15 is 0 Å². The van der Waals surface area contributed by atoms with Crippen molar-refractivity contribution in [3.63, 3.8) is 0 Å². The van der Waals surface area contributed by atoms with Gasteiger partial charge in [0.05, 0.1) is 6.04 Å². The molecule has 2 aliphatic rings. The van der Waals surface area contributed by atoms with E-state index in [4.69, 9.17) is 5.73 Å². The van der Waals surface area contributed by atoms with Gasteiger partial charge < -0.3 is 10.6 Å². The van der Waals surface area contributed by atoms with E-state index in [1.807, 2.05) is 6.21 Å². The van der Waals surface area contributed by atoms with Gasteiger partial charge in [0.2, 0.25) is 0 Å². The van der Waals surface area contributed by atoms with Gasteiger partial charge in [-0.05, 0) is 32.5 Å². The number of rotatable bonds is 2. The summed E-state index contributed by atoms with van der Waals surface area (Å²) in [4.78, 5) is 6.98. The van der Waals surface area contributed by atoms with Crippen LogP contribution in [0.1, 0.15) is 26.2 Å². The van der Waals surface area contributed by atoms with Gasteiger partial charge in [0.1, 0.15) is 0 Å². The molecule has 0 aromatic carbocycles. The van der Waals surface area contributed by atoms with Gasteiger partial charge in [0, 0.05) is 18.2 Å². The quantitative estimate of drug-likeness (QED) is 0.691. The molecule has 2 N–H and O–H groups in total. The first-order valence-corrected chi connectivity index (χ1v) is 5.94. The van der Waals surface area contributed by atoms with E-state index in [1.54, 1.807) is 0 Å². The Morgan fingerprint density at radius 2 is 2.20 bits per heavy atom. The highest BCUT2D eigenvalue weighted by molar-refractivity contribution is 5.61. The SMILES string of the molecule is CCN1CCC(N)(C2C=CCC=N2)CC1. The summed E-state index contributed by atoms with van der Waals surface area (Å²) in [6.07, 6.45) is 9.44. The van der Waals surface area contributed by atoms with Crippen molar-refractivity contribution in [1.29, 1.82) is 0 Å². The predicted molar refractivity (Wildman–Crippen MR) is 64.3 cm³/mol. The Kier molecular flexibility index (Phi) is 3.22. The molecule has 0 amide bonds. The molecular formula is C12H21N3. The largest absolute Gasteiger partial charge is 0.323 e. The first kappa shape index (κ1) is 10.8. The van der Waals surface area contributed by atoms with Crippen molar-refractivity contribution in [2.75, 3.05) is 19.6 Å². The highest BCUT2D eigenvalue weighted by atomic mass is 15.1. The number of dihydropyridines is 1. The normalized spacial score (nSPS) is 30.7. The van der Waals surface area contributed by atoms with E-state index in [2.05, 4.69) is 29.0 Å². The fourth-order valence-corrected chi connectivity index (χ4v) is 2.41. The van der Waals surface area contributed by atoms with Crippen molar-refractivity contribution in [2.24, 2.45) is 10.7 Å². The van der Waals surface area contributed by atoms with Crippen molar-refractivity contribution in [3.05, 3.63) is 12.2 Å². The average Bonchev–Trinajstić information content (AvgIpc) is 2.31. The zero-order valence-electron chi connectivity index (χ0n) is 9.52. The first-order chi connectivity index (χ1) is 7.24. The van der Waals surface area contributed by atoms with Crippen LogP contribution in [0, 0.1) is 0 Å². The third-order valence-corrected chi connectivity index (χ3v) is 3.65. The van der Waals surface area contributed by atoms with Crippen LogP contribution in [0.25, 0.3) is 0 Å². The molecule has 84 valence electrons. The summed E-state index contributed by atoms with van der Waals surface area (Å²) in [6, 6.07) is 0.213. The molecule has 0 spiro atoms. The number of likely N-dealkylation sites (tertiary alicyclic amines) is 1. The van der Waals surface area contributed by atoms with Gasteiger partial charge in [-0.1, -0.05) is 19.1 Å². The van der Waals surface area contributed by atoms with Crippen LogP contribution in [-0.2, 0) is 0 Å². The van der Waals surface area contributed by atoms with Crippen molar-refractivity contribution in [2.45, 2.75) is 37.8 Å². The number of aliphatic imine (C=N–C) groups is 1. The van der Waals surface area contributed by atoms with Gasteiger partial charge >= 0.3 is 0 Å². The van der Waals surface area contributed by atoms with Gasteiger partial charge in [-0.3, -0.25) is 4.99 Å². The van der Waals surface area contributed by atoms with Gasteiger partial charge in [0.15, 0.2) is 0 Å². The molecule has 0 aromatic rings. The lowest BCUT2D eigenvalue weighted by atomic mass is 9.81. The van der Waals surface area contributed by atoms with Crippen molar-refractivity contribution in [1.82, 2.24) is 4.90 Å². The van der Waals surface area contributed by atoms with E-state index in [9.17, 15) is 0 Å². The Bertz CT molecular complexity index is 250. The topological polar surface area (TPSA) is 41.6 Å². The zero-order valence-corrected chi connectivity index (χ0v) is 9.52. The average molecular weight is 207 g/mol. The maximum absolute atomic E-state index is 6.46. The fourth-order valence-electron chi connectivity index (χ4n) is 2.41. The van der Waals surface area contributed by atoms with Crippen molar-refractivity contribution >= 4 is 6.21 Å². The maximum atomic E-state index is 6.46. The molecule has 0 aliphatic carbocycles. The molecular weight excluding hydrogens is 186 g/mol. The van der Waals surface area contributed by atoms with Crippen LogP contribution in [0.5, 0.6) is 0 Å². The summed E-state index contributed by atoms with van der Waals surface area (Å²) in [5.41, 5.74) is 6.36. The molecule has 3 heteroatoms. The van der Waals surface area contributed by atoms with Crippen LogP contribution in [0.3, 0.4) is 0 Å². The third kappa shape index (κ3) is 2.29. The highest BCUT2D eigenvalue weighted by Gasteiger charge is 2.36. The van der Waals surface area contributed by atoms with Crippen molar-refractivity contribution < 1.29 is 0 Å². The van der Waals surface area contributed by atoms with Crippen LogP contribution < -0.4 is 5.73 Å². The molecule has 0 bridgehead atoms. The second-order valence-electron chi connectivity index (χ2n) is 4.61. The molecule has 15 heavy (non-hydrogen) atoms. The molecule has 2 rings (SSSR count). The zero-order chi connectivity index (χ0) is 10.7. The lowest BCUT2D eigenvalue weighted by molar-refractivity contribution is 0.159. The standard InChI is InChI=1S/C12H21N3/c1-2-15-9-6-12(13,7-10-15)11-5-3-4-8-14-11/h3,5,8,11H,2,4,6-7,9-10,13H2,1H3. The van der Waals surface area contributed by atoms with Crippen LogP contribution in [-0.4, -0.2) is 42.3 Å². The predicted octanol–water partition coefficient (Wildman–Crippen LogP) is 1.20. The van der Waals surface area contributed by atoms with Crippen LogP contribution in [0.15, 0.2) is 17.1 Å². The summed E-state index contributed by atoms with van der Waals surface area (Å²) in [6.45, 7) is 5.59. The monoisotopic (exact) mass is 207 g/mol. The molecule has 2 aliphatic heterocycles. The van der Waals surface area contributed by atoms with E-state index in [-0.39, 0.29) is 11.6 Å². The molecule has 2 heterocycles. The molecule has 1 unspecified atom stereocenters. The van der Waals surface area contributed by atoms with Crippen LogP contribution >= 0.6 is 0 Å². The number of piperidine rings is 1. The molecule has 1 atom stereocenters. The molecule has 0 radical (unpaired) electrons. The molecule has 1 saturated heterocycles. The first-order valence-electron chi connectivity index (χ1n) is 5.94. The maximum Gasteiger partial charge on any atom is 0.0856 e. The Labute approximate surface area is 92.0 Å². The second-order valence-corrected chi connectivity index (χ2v) is 4.61. The molecule has 0 aromatic heterocycles. The smallest absolute Gasteiger partial charge is 0.0856 e. The second kappa shape index (κ2) is 4.45. The minimum Gasteiger partial charge on any atom is -0.323 e. The molecule has 0 saturated carbocycles. The van der Waals surface area contributed by atoms with Gasteiger partial charge in [-0.15, -0.1) is 0 Å². The van der Waals surface area contributed by atoms with Crippen LogP contribution in [0.2, 0.25) is 0 Å². The number of nitrogens with two attached hydrogens (primary N) is 1. The van der Waals surface area contributed by atoms with E-state index in [1.165, 1.54) is 0 Å². The lowest BCUT2D eigenvalue weighted by Crippen LogP contribution is -2.56. The number of allylic oxidation sites excluding steroid dienone is 1. The van der Waals surface area contributed by atoms with Crippen LogP contribution in [0.4, 0.5) is 0 Å². The molecule has 3 nitrogen and oxygen atoms in total. The van der Waals surface area contributed by atoms with Gasteiger partial charge in [-0.25, -0.2) is 0 Å². The summed E-state index contributed by atoms with van der Waals surface area (Å²) in [5, 5.41) is 0. The van der Waals surface area contributed by atoms with Crippen molar-refractivity contribution in [3.8, 4) is 0 Å². The van der Waals surface area contributed by atoms with E-state index in [0.29, 0.717) is 0 Å². The number of hydrogen-bond donors (Lipinski definition) is 1. The molecule has 1 fully saturated rings. The Balaban J connectivity index is 1.99. The summed E-state index contributed by atoms with van der Waals surface area (Å²) in [5.74, 6) is 0. The van der Waals surface area contributed by atoms with Gasteiger partial charge in [0.25, 0.3) is 0 Å². The summed E-state index contributed by atoms with van der Waals surface area (Å²) < 4.78 is 0. The minimum absolute atomic E-state index is 0.0981. The highest BCUT2D eigenvalue weighted by Crippen LogP contribution is 2.27. The third-order valence-electron chi connectivity index (χ3n) is 3.65. The minimum atomic E-state index is -0.0981. The fraction of sp³-hybridized carbons (Fsp3) is 0.750. The summed E-state index contributed by atoms with van der Waals surface area (Å²) >= 11 is 0. The van der Waals surface area contributed by atoms with E-state index in [0.717, 1.165) is 38.9 Å². The Hall–Kier alpha value is -0.670. The Morgan fingerprint density at radius 3 is 2.73 bits per heavy atom. The summed E-state index contributed by atoms with van der Waals surface area (Å²) in [7, 11) is 0. The number of nitrogens with zero attached hydrogens (tertiary/aromatic N) is 2. The lowest BCUT2D eigenvalue weighted by Gasteiger charge is -2.41. The van der Waals surface area contributed by atoms with Gasteiger partial charge in [-0.2, -0.15) is 0 Å².